The quantitative estimate of drug-likeness (QED) is 0.557. The van der Waals surface area contributed by atoms with Crippen LogP contribution in [0.1, 0.15) is 10.4 Å². The number of nitrogens with zero attached hydrogens (tertiary/aromatic N) is 2. The molecule has 3 rings (SSSR count). The SMILES string of the molecule is COC(=O)c1ccccc1NC(=O)Cn1nc(S(=O)(=O)c2ccc(Cl)cc2)ccc1=O. The lowest BCUT2D eigenvalue weighted by Gasteiger charge is -2.11. The second kappa shape index (κ2) is 9.11. The van der Waals surface area contributed by atoms with Crippen LogP contribution in [0.3, 0.4) is 0 Å². The molecular formula is C20H16ClN3O6S. The van der Waals surface area contributed by atoms with Crippen molar-refractivity contribution in [3.63, 3.8) is 0 Å². The van der Waals surface area contributed by atoms with E-state index in [-0.39, 0.29) is 16.1 Å². The molecule has 0 saturated heterocycles. The van der Waals surface area contributed by atoms with Gasteiger partial charge in [0.05, 0.1) is 23.3 Å². The number of methoxy groups -OCH3 is 1. The third-order valence-electron chi connectivity index (χ3n) is 4.14. The van der Waals surface area contributed by atoms with Crippen molar-refractivity contribution in [1.29, 1.82) is 0 Å². The average molecular weight is 462 g/mol. The summed E-state index contributed by atoms with van der Waals surface area (Å²) in [6.45, 7) is -0.571. The molecule has 2 aromatic carbocycles. The Hall–Kier alpha value is -3.50. The number of carbonyl (C=O) groups is 2. The molecule has 0 unspecified atom stereocenters. The van der Waals surface area contributed by atoms with Crippen molar-refractivity contribution in [2.24, 2.45) is 0 Å². The number of hydrogen-bond donors (Lipinski definition) is 1. The first-order valence-electron chi connectivity index (χ1n) is 8.78. The maximum Gasteiger partial charge on any atom is 0.339 e. The minimum atomic E-state index is -4.03. The van der Waals surface area contributed by atoms with Crippen molar-refractivity contribution < 1.29 is 22.7 Å². The molecule has 9 nitrogen and oxygen atoms in total. The summed E-state index contributed by atoms with van der Waals surface area (Å²) in [5.41, 5.74) is -0.374. The number of sulfone groups is 1. The number of hydrogen-bond acceptors (Lipinski definition) is 7. The van der Waals surface area contributed by atoms with E-state index in [1.54, 1.807) is 12.1 Å². The summed E-state index contributed by atoms with van der Waals surface area (Å²) < 4.78 is 30.9. The normalized spacial score (nSPS) is 11.0. The number of halogens is 1. The van der Waals surface area contributed by atoms with Gasteiger partial charge in [-0.3, -0.25) is 9.59 Å². The van der Waals surface area contributed by atoms with Crippen LogP contribution < -0.4 is 10.9 Å². The van der Waals surface area contributed by atoms with Crippen molar-refractivity contribution in [2.75, 3.05) is 12.4 Å². The third-order valence-corrected chi connectivity index (χ3v) is 6.05. The van der Waals surface area contributed by atoms with Crippen molar-refractivity contribution in [1.82, 2.24) is 9.78 Å². The summed E-state index contributed by atoms with van der Waals surface area (Å²) in [7, 11) is -2.83. The number of esters is 1. The predicted octanol–water partition coefficient (Wildman–Crippen LogP) is 2.15. The summed E-state index contributed by atoms with van der Waals surface area (Å²) in [6.07, 6.45) is 0. The van der Waals surface area contributed by atoms with Gasteiger partial charge in [-0.2, -0.15) is 5.10 Å². The predicted molar refractivity (Wildman–Crippen MR) is 112 cm³/mol. The Kier molecular flexibility index (Phi) is 6.52. The molecule has 160 valence electrons. The van der Waals surface area contributed by atoms with Gasteiger partial charge in [-0.15, -0.1) is 0 Å². The summed E-state index contributed by atoms with van der Waals surface area (Å²) in [5.74, 6) is -1.34. The van der Waals surface area contributed by atoms with E-state index < -0.39 is 38.8 Å². The number of benzene rings is 2. The number of ether oxygens (including phenoxy) is 1. The molecule has 1 heterocycles. The molecule has 0 aliphatic rings. The molecule has 0 bridgehead atoms. The number of carbonyl (C=O) groups excluding carboxylic acids is 2. The second-order valence-electron chi connectivity index (χ2n) is 6.21. The monoisotopic (exact) mass is 461 g/mol. The lowest BCUT2D eigenvalue weighted by Crippen LogP contribution is -2.30. The van der Waals surface area contributed by atoms with Gasteiger partial charge in [-0.25, -0.2) is 17.9 Å². The zero-order valence-electron chi connectivity index (χ0n) is 16.1. The van der Waals surface area contributed by atoms with Crippen LogP contribution in [0.4, 0.5) is 5.69 Å². The van der Waals surface area contributed by atoms with E-state index in [0.717, 1.165) is 16.8 Å². The molecule has 0 spiro atoms. The first-order chi connectivity index (χ1) is 14.7. The fraction of sp³-hybridized carbons (Fsp3) is 0.100. The summed E-state index contributed by atoms with van der Waals surface area (Å²) in [4.78, 5) is 36.3. The highest BCUT2D eigenvalue weighted by Crippen LogP contribution is 2.20. The zero-order valence-corrected chi connectivity index (χ0v) is 17.7. The topological polar surface area (TPSA) is 124 Å². The van der Waals surface area contributed by atoms with Crippen LogP contribution in [0.15, 0.2) is 75.4 Å². The van der Waals surface area contributed by atoms with Crippen LogP contribution >= 0.6 is 11.6 Å². The van der Waals surface area contributed by atoms with Crippen molar-refractivity contribution in [2.45, 2.75) is 16.5 Å². The Labute approximate surface area is 182 Å². The van der Waals surface area contributed by atoms with Gasteiger partial charge in [0.2, 0.25) is 15.7 Å². The Morgan fingerprint density at radius 1 is 1.06 bits per heavy atom. The highest BCUT2D eigenvalue weighted by molar-refractivity contribution is 7.91. The molecule has 1 aromatic heterocycles. The number of anilines is 1. The highest BCUT2D eigenvalue weighted by atomic mass is 35.5. The zero-order chi connectivity index (χ0) is 22.6. The molecule has 3 aromatic rings. The van der Waals surface area contributed by atoms with Crippen molar-refractivity contribution in [3.05, 3.63) is 81.6 Å². The molecule has 1 amide bonds. The van der Waals surface area contributed by atoms with Gasteiger partial charge in [0.15, 0.2) is 5.03 Å². The van der Waals surface area contributed by atoms with Gasteiger partial charge in [-0.1, -0.05) is 23.7 Å². The molecule has 0 atom stereocenters. The van der Waals surface area contributed by atoms with Gasteiger partial charge < -0.3 is 10.1 Å². The van der Waals surface area contributed by atoms with Crippen LogP contribution in [0.2, 0.25) is 5.02 Å². The number of para-hydroxylation sites is 1. The van der Waals surface area contributed by atoms with Crippen LogP contribution in [-0.4, -0.2) is 37.2 Å². The Morgan fingerprint density at radius 2 is 1.74 bits per heavy atom. The number of nitrogens with one attached hydrogen (secondary N) is 1. The average Bonchev–Trinajstić information content (AvgIpc) is 2.75. The van der Waals surface area contributed by atoms with Crippen LogP contribution in [0, 0.1) is 0 Å². The Bertz CT molecular complexity index is 1300. The minimum absolute atomic E-state index is 0.0638. The molecule has 0 fully saturated rings. The largest absolute Gasteiger partial charge is 0.465 e. The first-order valence-corrected chi connectivity index (χ1v) is 10.6. The molecular weight excluding hydrogens is 446 g/mol. The molecule has 1 N–H and O–H groups in total. The van der Waals surface area contributed by atoms with Crippen molar-refractivity contribution >= 4 is 39.0 Å². The van der Waals surface area contributed by atoms with Crippen molar-refractivity contribution in [3.8, 4) is 0 Å². The fourth-order valence-corrected chi connectivity index (χ4v) is 3.94. The second-order valence-corrected chi connectivity index (χ2v) is 8.54. The smallest absolute Gasteiger partial charge is 0.339 e. The van der Waals surface area contributed by atoms with E-state index in [1.165, 1.54) is 43.5 Å². The van der Waals surface area contributed by atoms with Gasteiger partial charge in [-0.05, 0) is 42.5 Å². The van der Waals surface area contributed by atoms with E-state index in [0.29, 0.717) is 5.02 Å². The van der Waals surface area contributed by atoms with Gasteiger partial charge in [0.25, 0.3) is 5.56 Å². The van der Waals surface area contributed by atoms with Gasteiger partial charge >= 0.3 is 5.97 Å². The van der Waals surface area contributed by atoms with E-state index in [4.69, 9.17) is 11.6 Å². The summed E-state index contributed by atoms with van der Waals surface area (Å²) in [6, 6.07) is 13.7. The summed E-state index contributed by atoms with van der Waals surface area (Å²) >= 11 is 5.79. The van der Waals surface area contributed by atoms with Crippen LogP contribution in [0.5, 0.6) is 0 Å². The lowest BCUT2D eigenvalue weighted by molar-refractivity contribution is -0.117. The van der Waals surface area contributed by atoms with Crippen LogP contribution in [0.25, 0.3) is 0 Å². The molecule has 0 aliphatic heterocycles. The molecule has 0 radical (unpaired) electrons. The van der Waals surface area contributed by atoms with Gasteiger partial charge in [0, 0.05) is 11.1 Å². The lowest BCUT2D eigenvalue weighted by atomic mass is 10.2. The maximum atomic E-state index is 12.8. The third kappa shape index (κ3) is 4.98. The molecule has 0 saturated carbocycles. The standard InChI is InChI=1S/C20H16ClN3O6S/c1-30-20(27)15-4-2-3-5-16(15)22-17(25)12-24-19(26)11-10-18(23-24)31(28,29)14-8-6-13(21)7-9-14/h2-11H,12H2,1H3,(H,22,25). The van der Waals surface area contributed by atoms with E-state index in [1.807, 2.05) is 0 Å². The Morgan fingerprint density at radius 3 is 2.42 bits per heavy atom. The van der Waals surface area contributed by atoms with Crippen LogP contribution in [-0.2, 0) is 25.9 Å². The van der Waals surface area contributed by atoms with E-state index in [2.05, 4.69) is 15.2 Å². The number of rotatable bonds is 6. The first kappa shape index (κ1) is 22.2. The highest BCUT2D eigenvalue weighted by Gasteiger charge is 2.21. The molecule has 0 aliphatic carbocycles. The fourth-order valence-electron chi connectivity index (χ4n) is 2.63. The maximum absolute atomic E-state index is 12.8. The number of aromatic nitrogens is 2. The minimum Gasteiger partial charge on any atom is -0.465 e. The van der Waals surface area contributed by atoms with E-state index >= 15 is 0 Å². The molecule has 11 heteroatoms. The molecule has 31 heavy (non-hydrogen) atoms. The number of amides is 1. The van der Waals surface area contributed by atoms with E-state index in [9.17, 15) is 22.8 Å². The summed E-state index contributed by atoms with van der Waals surface area (Å²) in [5, 5.41) is 6.28. The van der Waals surface area contributed by atoms with Gasteiger partial charge in [0.1, 0.15) is 6.54 Å². The Balaban J connectivity index is 1.87.